The molecule has 1 aromatic carbocycles. The van der Waals surface area contributed by atoms with Crippen LogP contribution in [0.5, 0.6) is 0 Å². The van der Waals surface area contributed by atoms with Gasteiger partial charge in [0, 0.05) is 18.8 Å². The lowest BCUT2D eigenvalue weighted by atomic mass is 10.3. The van der Waals surface area contributed by atoms with E-state index in [1.54, 1.807) is 25.1 Å². The molecule has 0 radical (unpaired) electrons. The Kier molecular flexibility index (Phi) is 5.04. The van der Waals surface area contributed by atoms with Crippen molar-refractivity contribution in [3.63, 3.8) is 0 Å². The SMILES string of the molecule is CCNS(=O)(=O)CCNc1ccc(N)cc1Cl. The van der Waals surface area contributed by atoms with Crippen LogP contribution in [-0.2, 0) is 10.0 Å². The maximum absolute atomic E-state index is 11.4. The number of sulfonamides is 1. The van der Waals surface area contributed by atoms with Gasteiger partial charge in [-0.25, -0.2) is 13.1 Å². The predicted molar refractivity (Wildman–Crippen MR) is 71.8 cm³/mol. The summed E-state index contributed by atoms with van der Waals surface area (Å²) in [5.74, 6) is 0.00153. The number of nitrogens with one attached hydrogen (secondary N) is 2. The highest BCUT2D eigenvalue weighted by Crippen LogP contribution is 2.23. The van der Waals surface area contributed by atoms with Crippen molar-refractivity contribution in [3.05, 3.63) is 23.2 Å². The summed E-state index contributed by atoms with van der Waals surface area (Å²) in [6, 6.07) is 5.03. The van der Waals surface area contributed by atoms with Gasteiger partial charge in [-0.05, 0) is 18.2 Å². The lowest BCUT2D eigenvalue weighted by Crippen LogP contribution is -2.29. The summed E-state index contributed by atoms with van der Waals surface area (Å²) in [5, 5.41) is 3.43. The fraction of sp³-hybridized carbons (Fsp3) is 0.400. The Bertz CT molecular complexity index is 476. The molecule has 7 heteroatoms. The Morgan fingerprint density at radius 3 is 2.71 bits per heavy atom. The van der Waals surface area contributed by atoms with E-state index in [1.807, 2.05) is 0 Å². The summed E-state index contributed by atoms with van der Waals surface area (Å²) in [6.07, 6.45) is 0. The van der Waals surface area contributed by atoms with Crippen LogP contribution in [0.2, 0.25) is 5.02 Å². The molecule has 0 spiro atoms. The van der Waals surface area contributed by atoms with Gasteiger partial charge in [-0.2, -0.15) is 0 Å². The van der Waals surface area contributed by atoms with E-state index in [-0.39, 0.29) is 5.75 Å². The molecule has 4 N–H and O–H groups in total. The second-order valence-corrected chi connectivity index (χ2v) is 5.82. The molecule has 0 bridgehead atoms. The highest BCUT2D eigenvalue weighted by Gasteiger charge is 2.08. The molecule has 17 heavy (non-hydrogen) atoms. The first-order chi connectivity index (χ1) is 7.94. The minimum Gasteiger partial charge on any atom is -0.399 e. The van der Waals surface area contributed by atoms with E-state index < -0.39 is 10.0 Å². The summed E-state index contributed by atoms with van der Waals surface area (Å²) in [7, 11) is -3.20. The summed E-state index contributed by atoms with van der Waals surface area (Å²) in [4.78, 5) is 0. The number of hydrogen-bond donors (Lipinski definition) is 3. The molecule has 0 saturated carbocycles. The zero-order valence-electron chi connectivity index (χ0n) is 9.53. The van der Waals surface area contributed by atoms with Gasteiger partial charge in [0.1, 0.15) is 0 Å². The van der Waals surface area contributed by atoms with Crippen molar-refractivity contribution in [1.82, 2.24) is 4.72 Å². The lowest BCUT2D eigenvalue weighted by Gasteiger charge is -2.09. The van der Waals surface area contributed by atoms with Gasteiger partial charge in [0.05, 0.1) is 16.5 Å². The fourth-order valence-electron chi connectivity index (χ4n) is 1.29. The number of nitrogen functional groups attached to an aromatic ring is 1. The van der Waals surface area contributed by atoms with Crippen LogP contribution in [0.3, 0.4) is 0 Å². The van der Waals surface area contributed by atoms with Gasteiger partial charge >= 0.3 is 0 Å². The van der Waals surface area contributed by atoms with Crippen LogP contribution in [0.25, 0.3) is 0 Å². The average Bonchev–Trinajstić information content (AvgIpc) is 2.21. The Labute approximate surface area is 106 Å². The smallest absolute Gasteiger partial charge is 0.213 e. The molecule has 0 atom stereocenters. The van der Waals surface area contributed by atoms with Crippen LogP contribution < -0.4 is 15.8 Å². The van der Waals surface area contributed by atoms with E-state index in [0.29, 0.717) is 29.5 Å². The van der Waals surface area contributed by atoms with Crippen LogP contribution in [0.15, 0.2) is 18.2 Å². The Morgan fingerprint density at radius 2 is 2.12 bits per heavy atom. The van der Waals surface area contributed by atoms with Crippen molar-refractivity contribution in [3.8, 4) is 0 Å². The van der Waals surface area contributed by atoms with Gasteiger partial charge in [-0.1, -0.05) is 18.5 Å². The minimum atomic E-state index is -3.20. The molecule has 0 unspecified atom stereocenters. The average molecular weight is 278 g/mol. The minimum absolute atomic E-state index is 0.00153. The van der Waals surface area contributed by atoms with Crippen molar-refractivity contribution in [2.45, 2.75) is 6.92 Å². The third-order valence-corrected chi connectivity index (χ3v) is 3.83. The second-order valence-electron chi connectivity index (χ2n) is 3.48. The highest BCUT2D eigenvalue weighted by atomic mass is 35.5. The normalized spacial score (nSPS) is 11.4. The molecule has 0 aliphatic heterocycles. The Balaban J connectivity index is 2.51. The van der Waals surface area contributed by atoms with E-state index in [0.717, 1.165) is 0 Å². The van der Waals surface area contributed by atoms with Gasteiger partial charge in [-0.3, -0.25) is 0 Å². The maximum atomic E-state index is 11.4. The van der Waals surface area contributed by atoms with Gasteiger partial charge in [-0.15, -0.1) is 0 Å². The second kappa shape index (κ2) is 6.09. The van der Waals surface area contributed by atoms with E-state index in [4.69, 9.17) is 17.3 Å². The molecule has 0 heterocycles. The van der Waals surface area contributed by atoms with Gasteiger partial charge in [0.2, 0.25) is 10.0 Å². The van der Waals surface area contributed by atoms with Crippen LogP contribution in [0, 0.1) is 0 Å². The zero-order valence-corrected chi connectivity index (χ0v) is 11.1. The number of halogens is 1. The quantitative estimate of drug-likeness (QED) is 0.684. The first-order valence-corrected chi connectivity index (χ1v) is 7.24. The van der Waals surface area contributed by atoms with Crippen LogP contribution in [0.1, 0.15) is 6.92 Å². The predicted octanol–water partition coefficient (Wildman–Crippen LogP) is 1.27. The van der Waals surface area contributed by atoms with Crippen LogP contribution >= 0.6 is 11.6 Å². The molecule has 0 saturated heterocycles. The Morgan fingerprint density at radius 1 is 1.41 bits per heavy atom. The van der Waals surface area contributed by atoms with Gasteiger partial charge < -0.3 is 11.1 Å². The van der Waals surface area contributed by atoms with E-state index in [2.05, 4.69) is 10.0 Å². The molecule has 0 aliphatic carbocycles. The highest BCUT2D eigenvalue weighted by molar-refractivity contribution is 7.89. The molecule has 0 aromatic heterocycles. The summed E-state index contributed by atoms with van der Waals surface area (Å²) in [5.41, 5.74) is 6.79. The number of anilines is 2. The third-order valence-electron chi connectivity index (χ3n) is 2.04. The van der Waals surface area contributed by atoms with Gasteiger partial charge in [0.25, 0.3) is 0 Å². The molecule has 1 aromatic rings. The monoisotopic (exact) mass is 277 g/mol. The number of hydrogen-bond acceptors (Lipinski definition) is 4. The zero-order chi connectivity index (χ0) is 12.9. The molecular weight excluding hydrogens is 262 g/mol. The summed E-state index contributed by atoms with van der Waals surface area (Å²) >= 11 is 5.93. The summed E-state index contributed by atoms with van der Waals surface area (Å²) < 4.78 is 25.1. The topological polar surface area (TPSA) is 84.2 Å². The number of benzene rings is 1. The first-order valence-electron chi connectivity index (χ1n) is 5.21. The van der Waals surface area contributed by atoms with Crippen molar-refractivity contribution < 1.29 is 8.42 Å². The standard InChI is InChI=1S/C10H16ClN3O2S/c1-2-14-17(15,16)6-5-13-10-4-3-8(12)7-9(10)11/h3-4,7,13-14H,2,5-6,12H2,1H3. The van der Waals surface area contributed by atoms with Crippen LogP contribution in [0.4, 0.5) is 11.4 Å². The molecule has 0 aliphatic rings. The van der Waals surface area contributed by atoms with Crippen LogP contribution in [-0.4, -0.2) is 27.3 Å². The van der Waals surface area contributed by atoms with Gasteiger partial charge in [0.15, 0.2) is 0 Å². The maximum Gasteiger partial charge on any atom is 0.213 e. The number of nitrogens with two attached hydrogens (primary N) is 1. The third kappa shape index (κ3) is 4.80. The summed E-state index contributed by atoms with van der Waals surface area (Å²) in [6.45, 7) is 2.42. The molecule has 5 nitrogen and oxygen atoms in total. The molecule has 0 fully saturated rings. The van der Waals surface area contributed by atoms with E-state index >= 15 is 0 Å². The molecule has 1 rings (SSSR count). The molecule has 0 amide bonds. The lowest BCUT2D eigenvalue weighted by molar-refractivity contribution is 0.584. The largest absolute Gasteiger partial charge is 0.399 e. The fourth-order valence-corrected chi connectivity index (χ4v) is 2.50. The van der Waals surface area contributed by atoms with E-state index in [9.17, 15) is 8.42 Å². The molecule has 96 valence electrons. The van der Waals surface area contributed by atoms with Crippen molar-refractivity contribution in [1.29, 1.82) is 0 Å². The number of rotatable bonds is 6. The van der Waals surface area contributed by atoms with E-state index in [1.165, 1.54) is 0 Å². The van der Waals surface area contributed by atoms with Crippen molar-refractivity contribution in [2.24, 2.45) is 0 Å². The van der Waals surface area contributed by atoms with Crippen molar-refractivity contribution >= 4 is 33.0 Å². The first kappa shape index (κ1) is 14.1. The van der Waals surface area contributed by atoms with Crippen molar-refractivity contribution in [2.75, 3.05) is 29.9 Å². The Hall–Kier alpha value is -0.980. The molecular formula is C10H16ClN3O2S.